The van der Waals surface area contributed by atoms with Crippen molar-refractivity contribution in [2.24, 2.45) is 10.9 Å². The highest BCUT2D eigenvalue weighted by atomic mass is 35.5. The van der Waals surface area contributed by atoms with E-state index < -0.39 is 0 Å². The normalized spacial score (nSPS) is 22.4. The number of rotatable bonds is 2. The Morgan fingerprint density at radius 2 is 2.09 bits per heavy atom. The lowest BCUT2D eigenvalue weighted by Gasteiger charge is -2.27. The lowest BCUT2D eigenvalue weighted by atomic mass is 10.1. The van der Waals surface area contributed by atoms with E-state index >= 15 is 0 Å². The summed E-state index contributed by atoms with van der Waals surface area (Å²) in [6.07, 6.45) is 5.23. The molecule has 116 valence electrons. The second kappa shape index (κ2) is 5.39. The summed E-state index contributed by atoms with van der Waals surface area (Å²) in [5, 5.41) is 3.01. The third-order valence-electron chi connectivity index (χ3n) is 4.37. The minimum atomic E-state index is -0.0792. The van der Waals surface area contributed by atoms with Crippen molar-refractivity contribution in [1.29, 1.82) is 0 Å². The van der Waals surface area contributed by atoms with E-state index in [1.165, 1.54) is 0 Å². The van der Waals surface area contributed by atoms with Crippen molar-refractivity contribution in [3.63, 3.8) is 0 Å². The van der Waals surface area contributed by atoms with Gasteiger partial charge >= 0.3 is 0 Å². The van der Waals surface area contributed by atoms with Gasteiger partial charge in [-0.2, -0.15) is 0 Å². The van der Waals surface area contributed by atoms with Crippen LogP contribution in [0.5, 0.6) is 0 Å². The quantitative estimate of drug-likeness (QED) is 0.850. The molecule has 1 N–H and O–H groups in total. The molecule has 0 fully saturated rings. The molecular weight excluding hydrogens is 310 g/mol. The van der Waals surface area contributed by atoms with Crippen LogP contribution in [0.25, 0.3) is 0 Å². The first-order chi connectivity index (χ1) is 11.2. The Labute approximate surface area is 139 Å². The fraction of sp³-hybridized carbons (Fsp3) is 0.222. The summed E-state index contributed by atoms with van der Waals surface area (Å²) in [6, 6.07) is 8.13. The van der Waals surface area contributed by atoms with Gasteiger partial charge in [-0.15, -0.1) is 11.6 Å². The van der Waals surface area contributed by atoms with Gasteiger partial charge in [0, 0.05) is 47.5 Å². The SMILES string of the molecule is C[C@H]1CN2C(c3ccc(CCl)cc3)=NC=C3C=CC(=O)NC1=C32. The summed E-state index contributed by atoms with van der Waals surface area (Å²) in [4.78, 5) is 18.7. The van der Waals surface area contributed by atoms with Crippen molar-refractivity contribution in [2.75, 3.05) is 6.54 Å². The molecule has 4 nitrogen and oxygen atoms in total. The number of amides is 1. The summed E-state index contributed by atoms with van der Waals surface area (Å²) in [7, 11) is 0. The van der Waals surface area contributed by atoms with Crippen molar-refractivity contribution in [2.45, 2.75) is 12.8 Å². The number of alkyl halides is 1. The van der Waals surface area contributed by atoms with Crippen molar-refractivity contribution in [1.82, 2.24) is 10.2 Å². The molecule has 23 heavy (non-hydrogen) atoms. The zero-order valence-corrected chi connectivity index (χ0v) is 13.5. The summed E-state index contributed by atoms with van der Waals surface area (Å²) in [5.74, 6) is 1.59. The van der Waals surface area contributed by atoms with Crippen molar-refractivity contribution < 1.29 is 4.79 Å². The molecule has 0 aliphatic carbocycles. The molecular formula is C18H16ClN3O. The Morgan fingerprint density at radius 3 is 2.83 bits per heavy atom. The van der Waals surface area contributed by atoms with Gasteiger partial charge in [-0.3, -0.25) is 4.79 Å². The van der Waals surface area contributed by atoms with Crippen LogP contribution in [0.2, 0.25) is 0 Å². The maximum absolute atomic E-state index is 11.9. The molecule has 0 aromatic heterocycles. The number of halogens is 1. The van der Waals surface area contributed by atoms with Crippen LogP contribution in [-0.4, -0.2) is 23.2 Å². The van der Waals surface area contributed by atoms with Crippen LogP contribution in [-0.2, 0) is 10.7 Å². The minimum Gasteiger partial charge on any atom is -0.324 e. The topological polar surface area (TPSA) is 44.7 Å². The molecule has 0 unspecified atom stereocenters. The standard InChI is InChI=1S/C18H16ClN3O/c1-11-10-22-17-14(6-7-15(23)21-16(11)17)9-20-18(22)13-4-2-12(8-19)3-5-13/h2-7,9,11H,8,10H2,1H3,(H,21,23)/t11-/m0/s1. The van der Waals surface area contributed by atoms with Gasteiger partial charge < -0.3 is 10.2 Å². The number of carbonyl (C=O) groups is 1. The van der Waals surface area contributed by atoms with E-state index in [0.29, 0.717) is 5.88 Å². The van der Waals surface area contributed by atoms with Gasteiger partial charge in [0.05, 0.1) is 5.70 Å². The highest BCUT2D eigenvalue weighted by molar-refractivity contribution is 6.17. The van der Waals surface area contributed by atoms with E-state index in [1.807, 2.05) is 36.5 Å². The molecule has 1 aromatic carbocycles. The molecule has 3 heterocycles. The molecule has 0 saturated carbocycles. The van der Waals surface area contributed by atoms with Gasteiger partial charge in [0.1, 0.15) is 5.84 Å². The molecule has 1 aromatic rings. The van der Waals surface area contributed by atoms with Crippen molar-refractivity contribution >= 4 is 23.3 Å². The summed E-state index contributed by atoms with van der Waals surface area (Å²) in [5.41, 5.74) is 5.16. The van der Waals surface area contributed by atoms with Crippen LogP contribution in [0.1, 0.15) is 18.1 Å². The predicted molar refractivity (Wildman–Crippen MR) is 90.8 cm³/mol. The smallest absolute Gasteiger partial charge is 0.248 e. The minimum absolute atomic E-state index is 0.0792. The van der Waals surface area contributed by atoms with Gasteiger partial charge in [-0.1, -0.05) is 31.2 Å². The number of carbonyl (C=O) groups excluding carboxylic acids is 1. The fourth-order valence-corrected chi connectivity index (χ4v) is 3.40. The maximum Gasteiger partial charge on any atom is 0.248 e. The third-order valence-corrected chi connectivity index (χ3v) is 4.68. The van der Waals surface area contributed by atoms with Crippen LogP contribution in [0.15, 0.2) is 64.6 Å². The largest absolute Gasteiger partial charge is 0.324 e. The number of allylic oxidation sites excluding steroid dienone is 1. The number of hydrogen-bond acceptors (Lipinski definition) is 3. The molecule has 1 atom stereocenters. The van der Waals surface area contributed by atoms with E-state index in [4.69, 9.17) is 11.6 Å². The molecule has 0 spiro atoms. The molecule has 3 aliphatic rings. The second-order valence-electron chi connectivity index (χ2n) is 5.96. The average Bonchev–Trinajstić information content (AvgIpc) is 2.78. The van der Waals surface area contributed by atoms with Gasteiger partial charge in [0.15, 0.2) is 0 Å². The van der Waals surface area contributed by atoms with Gasteiger partial charge in [0.25, 0.3) is 0 Å². The van der Waals surface area contributed by atoms with Crippen LogP contribution in [0.4, 0.5) is 0 Å². The van der Waals surface area contributed by atoms with Crippen molar-refractivity contribution in [3.8, 4) is 0 Å². The first-order valence-corrected chi connectivity index (χ1v) is 8.15. The van der Waals surface area contributed by atoms with E-state index in [1.54, 1.807) is 6.08 Å². The van der Waals surface area contributed by atoms with E-state index in [9.17, 15) is 4.79 Å². The molecule has 5 heteroatoms. The van der Waals surface area contributed by atoms with Crippen LogP contribution in [0, 0.1) is 5.92 Å². The summed E-state index contributed by atoms with van der Waals surface area (Å²) < 4.78 is 0. The fourth-order valence-electron chi connectivity index (χ4n) is 3.22. The number of hydrogen-bond donors (Lipinski definition) is 1. The van der Waals surface area contributed by atoms with Crippen LogP contribution < -0.4 is 5.32 Å². The van der Waals surface area contributed by atoms with E-state index in [-0.39, 0.29) is 11.8 Å². The third kappa shape index (κ3) is 2.30. The molecule has 1 amide bonds. The van der Waals surface area contributed by atoms with E-state index in [0.717, 1.165) is 40.5 Å². The van der Waals surface area contributed by atoms with Gasteiger partial charge in [-0.25, -0.2) is 4.99 Å². The second-order valence-corrected chi connectivity index (χ2v) is 6.23. The Balaban J connectivity index is 1.80. The Hall–Kier alpha value is -2.33. The highest BCUT2D eigenvalue weighted by Crippen LogP contribution is 2.36. The molecule has 4 rings (SSSR count). The number of amidine groups is 1. The summed E-state index contributed by atoms with van der Waals surface area (Å²) in [6.45, 7) is 2.93. The number of nitrogens with one attached hydrogen (secondary N) is 1. The van der Waals surface area contributed by atoms with Gasteiger partial charge in [0.2, 0.25) is 5.91 Å². The number of aliphatic imine (C=N–C) groups is 1. The maximum atomic E-state index is 11.9. The number of benzene rings is 1. The first kappa shape index (κ1) is 14.3. The lowest BCUT2D eigenvalue weighted by molar-refractivity contribution is -0.115. The molecule has 0 radical (unpaired) electrons. The molecule has 0 saturated heterocycles. The van der Waals surface area contributed by atoms with Crippen LogP contribution >= 0.6 is 11.6 Å². The Morgan fingerprint density at radius 1 is 1.30 bits per heavy atom. The Kier molecular flexibility index (Phi) is 3.34. The molecule has 0 bridgehead atoms. The van der Waals surface area contributed by atoms with E-state index in [2.05, 4.69) is 22.1 Å². The first-order valence-electron chi connectivity index (χ1n) is 7.62. The highest BCUT2D eigenvalue weighted by Gasteiger charge is 2.36. The average molecular weight is 326 g/mol. The zero-order chi connectivity index (χ0) is 16.0. The number of nitrogens with zero attached hydrogens (tertiary/aromatic N) is 2. The monoisotopic (exact) mass is 325 g/mol. The zero-order valence-electron chi connectivity index (χ0n) is 12.7. The lowest BCUT2D eigenvalue weighted by Crippen LogP contribution is -2.32. The Bertz CT molecular complexity index is 802. The summed E-state index contributed by atoms with van der Waals surface area (Å²) >= 11 is 5.86. The predicted octanol–water partition coefficient (Wildman–Crippen LogP) is 2.92. The van der Waals surface area contributed by atoms with Crippen LogP contribution in [0.3, 0.4) is 0 Å². The van der Waals surface area contributed by atoms with Crippen molar-refractivity contribution in [3.05, 3.63) is 70.7 Å². The van der Waals surface area contributed by atoms with Gasteiger partial charge in [-0.05, 0) is 11.6 Å². The molecule has 3 aliphatic heterocycles.